The van der Waals surface area contributed by atoms with Crippen LogP contribution in [-0.2, 0) is 14.6 Å². The smallest absolute Gasteiger partial charge is 0.237 e. The summed E-state index contributed by atoms with van der Waals surface area (Å²) in [7, 11) is -3.26. The summed E-state index contributed by atoms with van der Waals surface area (Å²) < 4.78 is 24.3. The molecule has 2 fully saturated rings. The topological polar surface area (TPSA) is 80.5 Å². The van der Waals surface area contributed by atoms with E-state index in [1.165, 1.54) is 0 Å². The molecule has 6 heteroatoms. The second kappa shape index (κ2) is 5.40. The van der Waals surface area contributed by atoms with E-state index in [0.717, 1.165) is 32.1 Å². The lowest BCUT2D eigenvalue weighted by atomic mass is 9.90. The number of rotatable bonds is 4. The molecule has 1 amide bonds. The van der Waals surface area contributed by atoms with Crippen molar-refractivity contribution in [3.63, 3.8) is 0 Å². The van der Waals surface area contributed by atoms with Crippen molar-refractivity contribution in [2.45, 2.75) is 44.3 Å². The Kier molecular flexibility index (Phi) is 4.20. The van der Waals surface area contributed by atoms with Gasteiger partial charge < -0.3 is 10.6 Å². The van der Waals surface area contributed by atoms with Gasteiger partial charge in [0.05, 0.1) is 5.25 Å². The van der Waals surface area contributed by atoms with Crippen LogP contribution in [0.4, 0.5) is 0 Å². The molecule has 2 rings (SSSR count). The Morgan fingerprint density at radius 3 is 2.53 bits per heavy atom. The fourth-order valence-corrected chi connectivity index (χ4v) is 4.85. The van der Waals surface area contributed by atoms with Gasteiger partial charge in [0.1, 0.15) is 5.75 Å². The van der Waals surface area contributed by atoms with Crippen LogP contribution in [0.15, 0.2) is 0 Å². The largest absolute Gasteiger partial charge is 0.341 e. The van der Waals surface area contributed by atoms with Crippen LogP contribution in [0.1, 0.15) is 39.0 Å². The molecule has 0 aromatic rings. The number of nitrogens with two attached hydrogens (primary N) is 1. The van der Waals surface area contributed by atoms with E-state index in [9.17, 15) is 13.2 Å². The highest BCUT2D eigenvalue weighted by Crippen LogP contribution is 2.29. The van der Waals surface area contributed by atoms with Crippen molar-refractivity contribution < 1.29 is 13.2 Å². The maximum Gasteiger partial charge on any atom is 0.237 e. The van der Waals surface area contributed by atoms with E-state index in [0.29, 0.717) is 19.6 Å². The van der Waals surface area contributed by atoms with Crippen molar-refractivity contribution >= 4 is 15.7 Å². The summed E-state index contributed by atoms with van der Waals surface area (Å²) in [5.41, 5.74) is 5.65. The van der Waals surface area contributed by atoms with Crippen molar-refractivity contribution in [1.82, 2.24) is 4.90 Å². The first-order valence-corrected chi connectivity index (χ1v) is 8.77. The van der Waals surface area contributed by atoms with Crippen LogP contribution in [0.25, 0.3) is 0 Å². The van der Waals surface area contributed by atoms with Crippen molar-refractivity contribution in [3.05, 3.63) is 0 Å². The molecule has 2 aliphatic rings. The van der Waals surface area contributed by atoms with Crippen LogP contribution in [0.3, 0.4) is 0 Å². The minimum atomic E-state index is -3.26. The third-order valence-corrected chi connectivity index (χ3v) is 6.67. The zero-order valence-electron chi connectivity index (χ0n) is 11.6. The Morgan fingerprint density at radius 1 is 1.37 bits per heavy atom. The number of hydrogen-bond donors (Lipinski definition) is 1. The van der Waals surface area contributed by atoms with E-state index in [4.69, 9.17) is 5.73 Å². The number of hydrogen-bond acceptors (Lipinski definition) is 4. The molecule has 1 saturated carbocycles. The van der Waals surface area contributed by atoms with Crippen molar-refractivity contribution in [2.75, 3.05) is 25.4 Å². The zero-order valence-corrected chi connectivity index (χ0v) is 12.4. The first kappa shape index (κ1) is 14.8. The van der Waals surface area contributed by atoms with Crippen LogP contribution < -0.4 is 5.73 Å². The number of sulfone groups is 1. The average molecular weight is 288 g/mol. The maximum absolute atomic E-state index is 12.2. The van der Waals surface area contributed by atoms with Gasteiger partial charge >= 0.3 is 0 Å². The summed E-state index contributed by atoms with van der Waals surface area (Å²) in [4.78, 5) is 13.8. The van der Waals surface area contributed by atoms with Gasteiger partial charge in [0, 0.05) is 13.1 Å². The van der Waals surface area contributed by atoms with Gasteiger partial charge in [0.2, 0.25) is 5.91 Å². The zero-order chi connectivity index (χ0) is 14.1. The standard InChI is InChI=1S/C13H24N2O3S/c1-13(9-14)6-7-15(10-13)12(16)8-19(17,18)11-4-2-3-5-11/h11H,2-10,14H2,1H3. The summed E-state index contributed by atoms with van der Waals surface area (Å²) in [5, 5.41) is -0.292. The van der Waals surface area contributed by atoms with Crippen LogP contribution in [0.2, 0.25) is 0 Å². The first-order chi connectivity index (χ1) is 8.86. The van der Waals surface area contributed by atoms with E-state index in [1.54, 1.807) is 4.90 Å². The second-order valence-corrected chi connectivity index (χ2v) is 8.57. The molecule has 1 aliphatic carbocycles. The van der Waals surface area contributed by atoms with Gasteiger partial charge in [-0.3, -0.25) is 4.79 Å². The van der Waals surface area contributed by atoms with Crippen LogP contribution in [-0.4, -0.2) is 49.9 Å². The normalized spacial score (nSPS) is 29.1. The predicted octanol–water partition coefficient (Wildman–Crippen LogP) is 0.541. The lowest BCUT2D eigenvalue weighted by Gasteiger charge is -2.23. The summed E-state index contributed by atoms with van der Waals surface area (Å²) in [6.07, 6.45) is 4.23. The molecule has 0 bridgehead atoms. The van der Waals surface area contributed by atoms with Gasteiger partial charge in [-0.25, -0.2) is 8.42 Å². The molecular weight excluding hydrogens is 264 g/mol. The molecule has 19 heavy (non-hydrogen) atoms. The molecule has 2 N–H and O–H groups in total. The molecular formula is C13H24N2O3S. The number of carbonyl (C=O) groups is 1. The molecule has 0 radical (unpaired) electrons. The van der Waals surface area contributed by atoms with Crippen LogP contribution in [0.5, 0.6) is 0 Å². The Morgan fingerprint density at radius 2 is 2.00 bits per heavy atom. The highest BCUT2D eigenvalue weighted by molar-refractivity contribution is 7.92. The quantitative estimate of drug-likeness (QED) is 0.819. The van der Waals surface area contributed by atoms with E-state index >= 15 is 0 Å². The van der Waals surface area contributed by atoms with Gasteiger partial charge in [0.25, 0.3) is 0 Å². The van der Waals surface area contributed by atoms with Gasteiger partial charge in [-0.1, -0.05) is 19.8 Å². The lowest BCUT2D eigenvalue weighted by Crippen LogP contribution is -2.39. The highest BCUT2D eigenvalue weighted by Gasteiger charge is 2.37. The Labute approximate surface area is 115 Å². The van der Waals surface area contributed by atoms with E-state index in [1.807, 2.05) is 6.92 Å². The third kappa shape index (κ3) is 3.28. The number of nitrogens with zero attached hydrogens (tertiary/aromatic N) is 1. The van der Waals surface area contributed by atoms with Crippen LogP contribution >= 0.6 is 0 Å². The summed E-state index contributed by atoms with van der Waals surface area (Å²) in [6.45, 7) is 3.80. The minimum absolute atomic E-state index is 0.0488. The molecule has 1 unspecified atom stereocenters. The Bertz CT molecular complexity index is 443. The van der Waals surface area contributed by atoms with Crippen LogP contribution in [0, 0.1) is 5.41 Å². The van der Waals surface area contributed by atoms with E-state index in [-0.39, 0.29) is 22.3 Å². The lowest BCUT2D eigenvalue weighted by molar-refractivity contribution is -0.127. The first-order valence-electron chi connectivity index (χ1n) is 7.06. The van der Waals surface area contributed by atoms with E-state index < -0.39 is 9.84 Å². The number of likely N-dealkylation sites (tertiary alicyclic amines) is 1. The molecule has 0 spiro atoms. The molecule has 1 saturated heterocycles. The summed E-state index contributed by atoms with van der Waals surface area (Å²) >= 11 is 0. The molecule has 1 atom stereocenters. The molecule has 110 valence electrons. The Balaban J connectivity index is 1.95. The van der Waals surface area contributed by atoms with Crippen molar-refractivity contribution in [1.29, 1.82) is 0 Å². The van der Waals surface area contributed by atoms with Gasteiger partial charge in [-0.05, 0) is 31.2 Å². The second-order valence-electron chi connectivity index (χ2n) is 6.29. The molecule has 1 heterocycles. The van der Waals surface area contributed by atoms with Gasteiger partial charge in [-0.2, -0.15) is 0 Å². The van der Waals surface area contributed by atoms with Crippen molar-refractivity contribution in [2.24, 2.45) is 11.1 Å². The minimum Gasteiger partial charge on any atom is -0.341 e. The highest BCUT2D eigenvalue weighted by atomic mass is 32.2. The van der Waals surface area contributed by atoms with E-state index in [2.05, 4.69) is 0 Å². The van der Waals surface area contributed by atoms with Crippen molar-refractivity contribution in [3.8, 4) is 0 Å². The summed E-state index contributed by atoms with van der Waals surface area (Å²) in [6, 6.07) is 0. The molecule has 1 aliphatic heterocycles. The Hall–Kier alpha value is -0.620. The molecule has 5 nitrogen and oxygen atoms in total. The van der Waals surface area contributed by atoms with Gasteiger partial charge in [-0.15, -0.1) is 0 Å². The third-order valence-electron chi connectivity index (χ3n) is 4.54. The number of carbonyl (C=O) groups excluding carboxylic acids is 1. The predicted molar refractivity (Wildman–Crippen MR) is 74.4 cm³/mol. The monoisotopic (exact) mass is 288 g/mol. The van der Waals surface area contributed by atoms with Gasteiger partial charge in [0.15, 0.2) is 9.84 Å². The average Bonchev–Trinajstić information content (AvgIpc) is 2.98. The fourth-order valence-electron chi connectivity index (χ4n) is 3.03. The fraction of sp³-hybridized carbons (Fsp3) is 0.923. The SMILES string of the molecule is CC1(CN)CCN(C(=O)CS(=O)(=O)C2CCCC2)C1. The molecule has 0 aromatic carbocycles. The number of amides is 1. The summed E-state index contributed by atoms with van der Waals surface area (Å²) in [5.74, 6) is -0.567. The molecule has 0 aromatic heterocycles. The maximum atomic E-state index is 12.2.